The zero-order chi connectivity index (χ0) is 10.8. The molecule has 15 heavy (non-hydrogen) atoms. The van der Waals surface area contributed by atoms with Crippen molar-refractivity contribution < 1.29 is 0 Å². The Bertz CT molecular complexity index is 533. The summed E-state index contributed by atoms with van der Waals surface area (Å²) in [5.74, 6) is 0.490. The molecule has 0 aliphatic rings. The Balaban J connectivity index is 2.50. The summed E-state index contributed by atoms with van der Waals surface area (Å²) in [6.45, 7) is 1.64. The maximum absolute atomic E-state index is 11.1. The van der Waals surface area contributed by atoms with E-state index in [-0.39, 0.29) is 5.56 Å². The van der Waals surface area contributed by atoms with Gasteiger partial charge in [-0.3, -0.25) is 4.79 Å². The van der Waals surface area contributed by atoms with Crippen molar-refractivity contribution in [2.24, 2.45) is 0 Å². The first kappa shape index (κ1) is 9.86. The van der Waals surface area contributed by atoms with E-state index in [4.69, 9.17) is 11.6 Å². The average molecular weight is 222 g/mol. The van der Waals surface area contributed by atoms with E-state index < -0.39 is 0 Å². The smallest absolute Gasteiger partial charge is 0.266 e. The van der Waals surface area contributed by atoms with Crippen molar-refractivity contribution in [3.8, 4) is 11.4 Å². The number of aromatic nitrogens is 3. The van der Waals surface area contributed by atoms with Crippen molar-refractivity contribution in [2.75, 3.05) is 0 Å². The van der Waals surface area contributed by atoms with Crippen molar-refractivity contribution in [1.82, 2.24) is 15.2 Å². The second kappa shape index (κ2) is 3.82. The number of aromatic amines is 1. The molecular weight excluding hydrogens is 214 g/mol. The number of hydrogen-bond acceptors (Lipinski definition) is 3. The number of halogens is 1. The van der Waals surface area contributed by atoms with Gasteiger partial charge in [0.15, 0.2) is 5.82 Å². The molecule has 0 bridgehead atoms. The summed E-state index contributed by atoms with van der Waals surface area (Å²) < 4.78 is 0. The third-order valence-electron chi connectivity index (χ3n) is 1.97. The van der Waals surface area contributed by atoms with Crippen molar-refractivity contribution in [1.29, 1.82) is 0 Å². The Kier molecular flexibility index (Phi) is 2.51. The number of hydrogen-bond donors (Lipinski definition) is 1. The Labute approximate surface area is 90.9 Å². The largest absolute Gasteiger partial charge is 0.285 e. The average Bonchev–Trinajstić information content (AvgIpc) is 2.23. The molecule has 76 valence electrons. The molecule has 4 nitrogen and oxygen atoms in total. The van der Waals surface area contributed by atoms with E-state index in [1.165, 1.54) is 0 Å². The van der Waals surface area contributed by atoms with Crippen LogP contribution in [0.4, 0.5) is 0 Å². The molecule has 0 aliphatic carbocycles. The molecule has 0 amide bonds. The van der Waals surface area contributed by atoms with E-state index >= 15 is 0 Å². The summed E-state index contributed by atoms with van der Waals surface area (Å²) in [6.07, 6.45) is 0. The molecule has 2 rings (SSSR count). The molecule has 0 fully saturated rings. The quantitative estimate of drug-likeness (QED) is 0.799. The van der Waals surface area contributed by atoms with E-state index in [1.807, 2.05) is 0 Å². The number of rotatable bonds is 1. The van der Waals surface area contributed by atoms with Gasteiger partial charge in [0, 0.05) is 10.6 Å². The first-order valence-electron chi connectivity index (χ1n) is 4.36. The summed E-state index contributed by atoms with van der Waals surface area (Å²) in [4.78, 5) is 15.1. The molecule has 0 unspecified atom stereocenters. The standard InChI is InChI=1S/C10H8ClN3O/c1-6-10(15)14-13-9(12-6)7-2-4-8(11)5-3-7/h2-5H,1H3,(H,14,15). The lowest BCUT2D eigenvalue weighted by molar-refractivity contribution is 0.910. The summed E-state index contributed by atoms with van der Waals surface area (Å²) in [5.41, 5.74) is 0.946. The first-order valence-corrected chi connectivity index (χ1v) is 4.74. The van der Waals surface area contributed by atoms with Crippen LogP contribution < -0.4 is 5.56 Å². The van der Waals surface area contributed by atoms with Crippen LogP contribution >= 0.6 is 11.6 Å². The second-order valence-corrected chi connectivity index (χ2v) is 3.52. The maximum atomic E-state index is 11.1. The second-order valence-electron chi connectivity index (χ2n) is 3.08. The van der Waals surface area contributed by atoms with Gasteiger partial charge in [-0.2, -0.15) is 5.10 Å². The molecule has 0 spiro atoms. The predicted molar refractivity (Wildman–Crippen MR) is 57.8 cm³/mol. The van der Waals surface area contributed by atoms with Gasteiger partial charge in [0.25, 0.3) is 5.56 Å². The zero-order valence-electron chi connectivity index (χ0n) is 7.99. The molecular formula is C10H8ClN3O. The zero-order valence-corrected chi connectivity index (χ0v) is 8.75. The SMILES string of the molecule is Cc1nc(-c2ccc(Cl)cc2)n[nH]c1=O. The van der Waals surface area contributed by atoms with Crippen molar-refractivity contribution in [3.05, 3.63) is 45.3 Å². The molecule has 0 radical (unpaired) electrons. The third kappa shape index (κ3) is 2.05. The molecule has 0 saturated carbocycles. The highest BCUT2D eigenvalue weighted by molar-refractivity contribution is 6.30. The number of aryl methyl sites for hydroxylation is 1. The van der Waals surface area contributed by atoms with Gasteiger partial charge in [-0.05, 0) is 31.2 Å². The van der Waals surface area contributed by atoms with Gasteiger partial charge in [0.05, 0.1) is 0 Å². The number of H-pyrrole nitrogens is 1. The van der Waals surface area contributed by atoms with Crippen LogP contribution in [0.5, 0.6) is 0 Å². The maximum Gasteiger partial charge on any atom is 0.285 e. The summed E-state index contributed by atoms with van der Waals surface area (Å²) in [6, 6.07) is 7.10. The monoisotopic (exact) mass is 221 g/mol. The molecule has 1 aromatic heterocycles. The normalized spacial score (nSPS) is 10.3. The van der Waals surface area contributed by atoms with Crippen molar-refractivity contribution in [2.45, 2.75) is 6.92 Å². The van der Waals surface area contributed by atoms with Crippen LogP contribution in [0.1, 0.15) is 5.69 Å². The number of benzene rings is 1. The Morgan fingerprint density at radius 3 is 2.53 bits per heavy atom. The fourth-order valence-corrected chi connectivity index (χ4v) is 1.27. The minimum absolute atomic E-state index is 0.271. The molecule has 5 heteroatoms. The fraction of sp³-hybridized carbons (Fsp3) is 0.100. The lowest BCUT2D eigenvalue weighted by Gasteiger charge is -1.99. The Morgan fingerprint density at radius 2 is 1.93 bits per heavy atom. The number of nitrogens with one attached hydrogen (secondary N) is 1. The molecule has 2 aromatic rings. The topological polar surface area (TPSA) is 58.6 Å². The molecule has 0 aliphatic heterocycles. The lowest BCUT2D eigenvalue weighted by Crippen LogP contribution is -2.14. The van der Waals surface area contributed by atoms with Gasteiger partial charge >= 0.3 is 0 Å². The van der Waals surface area contributed by atoms with Gasteiger partial charge in [-0.1, -0.05) is 11.6 Å². The van der Waals surface area contributed by atoms with Crippen LogP contribution in [0.3, 0.4) is 0 Å². The van der Waals surface area contributed by atoms with Gasteiger partial charge in [-0.15, -0.1) is 0 Å². The van der Waals surface area contributed by atoms with E-state index in [2.05, 4.69) is 15.2 Å². The minimum atomic E-state index is -0.271. The summed E-state index contributed by atoms with van der Waals surface area (Å²) in [5, 5.41) is 6.88. The highest BCUT2D eigenvalue weighted by atomic mass is 35.5. The van der Waals surface area contributed by atoms with Crippen LogP contribution in [-0.4, -0.2) is 15.2 Å². The molecule has 1 aromatic carbocycles. The van der Waals surface area contributed by atoms with Gasteiger partial charge in [0.1, 0.15) is 5.69 Å². The van der Waals surface area contributed by atoms with Crippen LogP contribution in [0.25, 0.3) is 11.4 Å². The Hall–Kier alpha value is -1.68. The van der Waals surface area contributed by atoms with Crippen LogP contribution in [0.2, 0.25) is 5.02 Å². The highest BCUT2D eigenvalue weighted by Crippen LogP contribution is 2.16. The summed E-state index contributed by atoms with van der Waals surface area (Å²) >= 11 is 5.76. The van der Waals surface area contributed by atoms with Crippen molar-refractivity contribution in [3.63, 3.8) is 0 Å². The lowest BCUT2D eigenvalue weighted by atomic mass is 10.2. The van der Waals surface area contributed by atoms with Crippen molar-refractivity contribution >= 4 is 11.6 Å². The molecule has 0 atom stereocenters. The highest BCUT2D eigenvalue weighted by Gasteiger charge is 2.03. The van der Waals surface area contributed by atoms with E-state index in [9.17, 15) is 4.79 Å². The van der Waals surface area contributed by atoms with E-state index in [0.717, 1.165) is 5.56 Å². The predicted octanol–water partition coefficient (Wildman–Crippen LogP) is 1.79. The van der Waals surface area contributed by atoms with Gasteiger partial charge in [0.2, 0.25) is 0 Å². The first-order chi connectivity index (χ1) is 7.16. The van der Waals surface area contributed by atoms with Crippen LogP contribution in [0.15, 0.2) is 29.1 Å². The van der Waals surface area contributed by atoms with Gasteiger partial charge < -0.3 is 0 Å². The molecule has 1 heterocycles. The minimum Gasteiger partial charge on any atom is -0.266 e. The van der Waals surface area contributed by atoms with Crippen LogP contribution in [0, 0.1) is 6.92 Å². The third-order valence-corrected chi connectivity index (χ3v) is 2.22. The number of nitrogens with zero attached hydrogens (tertiary/aromatic N) is 2. The Morgan fingerprint density at radius 1 is 1.27 bits per heavy atom. The van der Waals surface area contributed by atoms with Crippen LogP contribution in [-0.2, 0) is 0 Å². The molecule has 0 saturated heterocycles. The van der Waals surface area contributed by atoms with Gasteiger partial charge in [-0.25, -0.2) is 10.1 Å². The summed E-state index contributed by atoms with van der Waals surface area (Å²) in [7, 11) is 0. The van der Waals surface area contributed by atoms with E-state index in [0.29, 0.717) is 16.5 Å². The fourth-order valence-electron chi connectivity index (χ4n) is 1.15. The molecule has 1 N–H and O–H groups in total. The van der Waals surface area contributed by atoms with E-state index in [1.54, 1.807) is 31.2 Å².